The van der Waals surface area contributed by atoms with Crippen molar-refractivity contribution in [1.82, 2.24) is 19.9 Å². The molecule has 2 atom stereocenters. The first kappa shape index (κ1) is 29.6. The minimum atomic E-state index is -0.428. The number of hydrogen-bond acceptors (Lipinski definition) is 7. The van der Waals surface area contributed by atoms with E-state index >= 15 is 0 Å². The van der Waals surface area contributed by atoms with Gasteiger partial charge in [-0.15, -0.1) is 0 Å². The van der Waals surface area contributed by atoms with Crippen molar-refractivity contribution >= 4 is 56.9 Å². The lowest BCUT2D eigenvalue weighted by Gasteiger charge is -2.18. The van der Waals surface area contributed by atoms with E-state index in [4.69, 9.17) is 19.4 Å². The van der Waals surface area contributed by atoms with Crippen molar-refractivity contribution in [2.24, 2.45) is 0 Å². The number of ether oxygens (including phenoxy) is 2. The molecule has 0 fully saturated rings. The molecular weight excluding hydrogens is 556 g/mol. The highest BCUT2D eigenvalue weighted by Crippen LogP contribution is 2.47. The Kier molecular flexibility index (Phi) is 7.53. The van der Waals surface area contributed by atoms with Crippen LogP contribution in [0, 0.1) is 6.92 Å². The van der Waals surface area contributed by atoms with Crippen molar-refractivity contribution in [3.63, 3.8) is 0 Å². The molecule has 5 heterocycles. The molecule has 9 nitrogen and oxygen atoms in total. The number of carbonyl (C=O) groups is 2. The zero-order valence-electron chi connectivity index (χ0n) is 26.3. The molecule has 8 bridgehead atoms. The molecule has 0 unspecified atom stereocenters. The number of aryl methyl sites for hydroxylation is 1. The molecule has 44 heavy (non-hydrogen) atoms. The highest BCUT2D eigenvalue weighted by molar-refractivity contribution is 6.28. The van der Waals surface area contributed by atoms with E-state index in [2.05, 4.69) is 36.8 Å². The minimum absolute atomic E-state index is 0.0304. The van der Waals surface area contributed by atoms with Crippen molar-refractivity contribution in [2.75, 3.05) is 20.8 Å². The number of H-pyrrole nitrogens is 2. The van der Waals surface area contributed by atoms with Gasteiger partial charge in [0.15, 0.2) is 0 Å². The van der Waals surface area contributed by atoms with Crippen LogP contribution in [-0.2, 0) is 19.1 Å². The second kappa shape index (κ2) is 11.2. The summed E-state index contributed by atoms with van der Waals surface area (Å²) in [5, 5.41) is 10.4. The van der Waals surface area contributed by atoms with E-state index in [0.717, 1.165) is 84.9 Å². The summed E-state index contributed by atoms with van der Waals surface area (Å²) in [6, 6.07) is 6.06. The van der Waals surface area contributed by atoms with E-state index in [0.29, 0.717) is 17.7 Å². The van der Waals surface area contributed by atoms with E-state index in [1.54, 1.807) is 0 Å². The topological polar surface area (TPSA) is 130 Å². The second-order valence-electron chi connectivity index (χ2n) is 11.8. The highest BCUT2D eigenvalue weighted by atomic mass is 16.5. The van der Waals surface area contributed by atoms with Crippen LogP contribution < -0.4 is 0 Å². The highest BCUT2D eigenvalue weighted by Gasteiger charge is 2.36. The summed E-state index contributed by atoms with van der Waals surface area (Å²) in [6.07, 6.45) is 3.46. The Morgan fingerprint density at radius 2 is 1.61 bits per heavy atom. The fraction of sp³-hybridized carbons (Fsp3) is 0.371. The van der Waals surface area contributed by atoms with E-state index < -0.39 is 5.97 Å². The molecule has 0 amide bonds. The Labute approximate surface area is 256 Å². The Bertz CT molecular complexity index is 1900. The van der Waals surface area contributed by atoms with Crippen LogP contribution in [0.1, 0.15) is 110 Å². The summed E-state index contributed by atoms with van der Waals surface area (Å²) in [5.41, 5.74) is 13.7. The predicted molar refractivity (Wildman–Crippen MR) is 172 cm³/mol. The maximum atomic E-state index is 13.2. The first-order valence-electron chi connectivity index (χ1n) is 15.1. The number of nitrogens with zero attached hydrogens (tertiary/aromatic N) is 2. The van der Waals surface area contributed by atoms with Gasteiger partial charge in [-0.3, -0.25) is 4.79 Å². The second-order valence-corrected chi connectivity index (χ2v) is 11.8. The molecular formula is C35H38N4O5. The summed E-state index contributed by atoms with van der Waals surface area (Å²) in [6.45, 7) is 10.2. The smallest absolute Gasteiger partial charge is 0.338 e. The van der Waals surface area contributed by atoms with Gasteiger partial charge in [-0.25, -0.2) is 14.8 Å². The molecule has 228 valence electrons. The summed E-state index contributed by atoms with van der Waals surface area (Å²) < 4.78 is 10.2. The molecule has 4 aliphatic rings. The van der Waals surface area contributed by atoms with Crippen molar-refractivity contribution in [2.45, 2.75) is 65.7 Å². The Balaban J connectivity index is 1.75. The van der Waals surface area contributed by atoms with Gasteiger partial charge in [0.05, 0.1) is 54.7 Å². The molecule has 3 aliphatic heterocycles. The van der Waals surface area contributed by atoms with Gasteiger partial charge in [0.1, 0.15) is 0 Å². The van der Waals surface area contributed by atoms with E-state index in [9.17, 15) is 14.7 Å². The molecule has 0 radical (unpaired) electrons. The maximum absolute atomic E-state index is 13.2. The van der Waals surface area contributed by atoms with Gasteiger partial charge < -0.3 is 24.5 Å². The van der Waals surface area contributed by atoms with Gasteiger partial charge in [-0.1, -0.05) is 13.8 Å². The van der Waals surface area contributed by atoms with Crippen LogP contribution in [0.4, 0.5) is 0 Å². The monoisotopic (exact) mass is 594 g/mol. The molecule has 0 saturated heterocycles. The molecule has 1 aliphatic carbocycles. The Morgan fingerprint density at radius 3 is 2.27 bits per heavy atom. The Hall–Kier alpha value is -4.50. The standard InChI is InChI=1S/C35H38N4O5/c1-8-20-16(2)26-13-30-24(15-40)19(5)25(37-30)12-27-17(3)21(9-10-31(41)43-6)33(38-27)32-23(35(42)44-7)11-22-18(4)28(39-34(22)32)14-29(20)36-26/h11-14,17,21,38-40H,8-10,15H2,1-7H3/t17-,21-/m0/s1. The van der Waals surface area contributed by atoms with Gasteiger partial charge in [-0.2, -0.15) is 0 Å². The normalized spacial score (nSPS) is 18.0. The first-order valence-corrected chi connectivity index (χ1v) is 15.1. The van der Waals surface area contributed by atoms with Crippen molar-refractivity contribution in [3.05, 3.63) is 69.1 Å². The number of aromatic amines is 2. The van der Waals surface area contributed by atoms with Crippen LogP contribution in [0.25, 0.3) is 45.0 Å². The van der Waals surface area contributed by atoms with Gasteiger partial charge in [0, 0.05) is 51.9 Å². The first-order chi connectivity index (χ1) is 21.1. The van der Waals surface area contributed by atoms with Crippen LogP contribution in [0.3, 0.4) is 0 Å². The van der Waals surface area contributed by atoms with E-state index in [1.165, 1.54) is 14.2 Å². The molecule has 2 aromatic rings. The molecule has 0 spiro atoms. The molecule has 6 rings (SSSR count). The van der Waals surface area contributed by atoms with Crippen LogP contribution in [0.5, 0.6) is 0 Å². The molecule has 2 aromatic heterocycles. The summed E-state index contributed by atoms with van der Waals surface area (Å²) in [4.78, 5) is 42.8. The Morgan fingerprint density at radius 1 is 0.932 bits per heavy atom. The number of esters is 2. The number of fused-ring (bicyclic) bond motifs is 8. The van der Waals surface area contributed by atoms with Crippen LogP contribution >= 0.6 is 0 Å². The van der Waals surface area contributed by atoms with Crippen molar-refractivity contribution < 1.29 is 24.2 Å². The SMILES string of the molecule is CCC1=C(C)c2cc3nc(cc4[nH]c(c5c6[nH]c(cc1n2)c(C)c6C=C5C(=O)OC)[C@@H](CCC(=O)OC)[C@@H]4C)C(C)=C3CO. The fourth-order valence-corrected chi connectivity index (χ4v) is 6.90. The minimum Gasteiger partial charge on any atom is -0.469 e. The lowest BCUT2D eigenvalue weighted by molar-refractivity contribution is -0.140. The fourth-order valence-electron chi connectivity index (χ4n) is 6.90. The summed E-state index contributed by atoms with van der Waals surface area (Å²) in [5.74, 6) is -0.863. The largest absolute Gasteiger partial charge is 0.469 e. The molecule has 0 saturated carbocycles. The van der Waals surface area contributed by atoms with Crippen LogP contribution in [-0.4, -0.2) is 57.8 Å². The third-order valence-corrected chi connectivity index (χ3v) is 9.58. The number of methoxy groups -OCH3 is 2. The average molecular weight is 595 g/mol. The molecule has 0 aromatic carbocycles. The quantitative estimate of drug-likeness (QED) is 0.327. The van der Waals surface area contributed by atoms with Crippen molar-refractivity contribution in [1.29, 1.82) is 0 Å². The number of aliphatic hydroxyl groups is 1. The zero-order valence-corrected chi connectivity index (χ0v) is 26.3. The number of carbonyl (C=O) groups excluding carboxylic acids is 2. The number of aromatic nitrogens is 4. The number of hydrogen-bond donors (Lipinski definition) is 3. The zero-order chi connectivity index (χ0) is 31.4. The molecule has 9 heteroatoms. The summed E-state index contributed by atoms with van der Waals surface area (Å²) in [7, 11) is 2.78. The number of aliphatic hydroxyl groups excluding tert-OH is 1. The van der Waals surface area contributed by atoms with Crippen molar-refractivity contribution in [3.8, 4) is 0 Å². The number of nitrogens with one attached hydrogen (secondary N) is 2. The third-order valence-electron chi connectivity index (χ3n) is 9.58. The van der Waals surface area contributed by atoms with E-state index in [1.807, 2.05) is 32.1 Å². The average Bonchev–Trinajstić information content (AvgIpc) is 3.77. The summed E-state index contributed by atoms with van der Waals surface area (Å²) >= 11 is 0. The van der Waals surface area contributed by atoms with Gasteiger partial charge >= 0.3 is 11.9 Å². The van der Waals surface area contributed by atoms with Gasteiger partial charge in [0.25, 0.3) is 0 Å². The predicted octanol–water partition coefficient (Wildman–Crippen LogP) is 6.48. The number of rotatable bonds is 6. The maximum Gasteiger partial charge on any atom is 0.338 e. The third kappa shape index (κ3) is 4.57. The lowest BCUT2D eigenvalue weighted by Crippen LogP contribution is -2.10. The molecule has 3 N–H and O–H groups in total. The van der Waals surface area contributed by atoms with E-state index in [-0.39, 0.29) is 30.8 Å². The van der Waals surface area contributed by atoms with Crippen LogP contribution in [0.15, 0.2) is 18.2 Å². The lowest BCUT2D eigenvalue weighted by atomic mass is 9.85. The van der Waals surface area contributed by atoms with Gasteiger partial charge in [-0.05, 0) is 80.2 Å². The number of allylic oxidation sites excluding steroid dienone is 3. The van der Waals surface area contributed by atoms with Gasteiger partial charge in [0.2, 0.25) is 0 Å². The van der Waals surface area contributed by atoms with Crippen LogP contribution in [0.2, 0.25) is 0 Å².